The number of carboxylic acid groups (broad SMARTS) is 1. The molecule has 32 heavy (non-hydrogen) atoms. The van der Waals surface area contributed by atoms with Crippen LogP contribution in [-0.4, -0.2) is 71.8 Å². The number of hydrogen-bond acceptors (Lipinski definition) is 8. The van der Waals surface area contributed by atoms with Crippen molar-refractivity contribution in [3.8, 4) is 5.88 Å². The summed E-state index contributed by atoms with van der Waals surface area (Å²) in [5, 5.41) is 26.9. The first kappa shape index (κ1) is 20.2. The molecule has 2 N–H and O–H groups in total. The van der Waals surface area contributed by atoms with Crippen molar-refractivity contribution in [2.24, 2.45) is 10.1 Å². The molecule has 0 saturated carbocycles. The topological polar surface area (TPSA) is 123 Å². The number of aliphatic imine (C=N–C) groups is 1. The van der Waals surface area contributed by atoms with Gasteiger partial charge in [0.25, 0.3) is 0 Å². The molecular formula is C23H21N4O5-. The zero-order valence-electron chi connectivity index (χ0n) is 17.2. The van der Waals surface area contributed by atoms with Gasteiger partial charge in [0, 0.05) is 36.1 Å². The Labute approximate surface area is 183 Å². The number of oxime groups is 1. The number of morpholine rings is 1. The number of nitrogens with one attached hydrogen (secondary N) is 1. The number of hydrogen-bond donors (Lipinski definition) is 2. The number of para-hydroxylation sites is 1. The molecule has 2 aliphatic rings. The molecule has 2 aromatic carbocycles. The molecule has 164 valence electrons. The van der Waals surface area contributed by atoms with E-state index in [4.69, 9.17) is 9.57 Å². The van der Waals surface area contributed by atoms with Gasteiger partial charge < -0.3 is 29.6 Å². The summed E-state index contributed by atoms with van der Waals surface area (Å²) < 4.78 is 5.36. The van der Waals surface area contributed by atoms with Gasteiger partial charge in [-0.2, -0.15) is 0 Å². The highest BCUT2D eigenvalue weighted by atomic mass is 16.6. The SMILES string of the molecule is O=C([O-])c1ccc2[nH]c(O)c(C3=Nc4ccccc4/C3=N\OCCN3CCOCC3)c2c1. The highest BCUT2D eigenvalue weighted by Crippen LogP contribution is 2.36. The van der Waals surface area contributed by atoms with Gasteiger partial charge in [0.2, 0.25) is 0 Å². The Morgan fingerprint density at radius 3 is 2.88 bits per heavy atom. The fourth-order valence-electron chi connectivity index (χ4n) is 3.99. The minimum absolute atomic E-state index is 0.00844. The lowest BCUT2D eigenvalue weighted by Gasteiger charge is -2.25. The normalized spacial score (nSPS) is 17.5. The van der Waals surface area contributed by atoms with Crippen molar-refractivity contribution in [3.63, 3.8) is 0 Å². The Morgan fingerprint density at radius 1 is 1.25 bits per heavy atom. The van der Waals surface area contributed by atoms with Crippen LogP contribution in [0.25, 0.3) is 10.9 Å². The molecule has 0 bridgehead atoms. The average Bonchev–Trinajstić information content (AvgIpc) is 3.33. The van der Waals surface area contributed by atoms with E-state index in [0.29, 0.717) is 53.4 Å². The number of aromatic carboxylic acids is 1. The van der Waals surface area contributed by atoms with Crippen LogP contribution in [0, 0.1) is 0 Å². The molecule has 0 atom stereocenters. The molecular weight excluding hydrogens is 412 g/mol. The number of rotatable bonds is 6. The molecule has 3 aromatic rings. The summed E-state index contributed by atoms with van der Waals surface area (Å²) in [7, 11) is 0. The molecule has 0 amide bonds. The molecule has 9 heteroatoms. The van der Waals surface area contributed by atoms with E-state index in [0.717, 1.165) is 25.2 Å². The fourth-order valence-corrected chi connectivity index (χ4v) is 3.99. The Hall–Kier alpha value is -3.69. The zero-order valence-corrected chi connectivity index (χ0v) is 17.2. The number of benzene rings is 2. The van der Waals surface area contributed by atoms with Gasteiger partial charge >= 0.3 is 0 Å². The third-order valence-corrected chi connectivity index (χ3v) is 5.63. The van der Waals surface area contributed by atoms with Crippen LogP contribution < -0.4 is 5.11 Å². The van der Waals surface area contributed by atoms with Gasteiger partial charge in [-0.25, -0.2) is 4.99 Å². The molecule has 1 saturated heterocycles. The van der Waals surface area contributed by atoms with Crippen molar-refractivity contribution in [2.45, 2.75) is 0 Å². The van der Waals surface area contributed by atoms with Crippen molar-refractivity contribution in [3.05, 3.63) is 59.2 Å². The summed E-state index contributed by atoms with van der Waals surface area (Å²) in [5.41, 5.74) is 3.33. The lowest BCUT2D eigenvalue weighted by atomic mass is 10.00. The van der Waals surface area contributed by atoms with Gasteiger partial charge in [0.1, 0.15) is 18.0 Å². The summed E-state index contributed by atoms with van der Waals surface area (Å²) in [5.74, 6) is -1.42. The summed E-state index contributed by atoms with van der Waals surface area (Å²) >= 11 is 0. The average molecular weight is 433 g/mol. The smallest absolute Gasteiger partial charge is 0.199 e. The molecule has 0 radical (unpaired) electrons. The highest BCUT2D eigenvalue weighted by molar-refractivity contribution is 6.58. The quantitative estimate of drug-likeness (QED) is 0.448. The summed E-state index contributed by atoms with van der Waals surface area (Å²) in [6, 6.07) is 11.9. The fraction of sp³-hybridized carbons (Fsp3) is 0.261. The summed E-state index contributed by atoms with van der Waals surface area (Å²) in [6.07, 6.45) is 0. The lowest BCUT2D eigenvalue weighted by molar-refractivity contribution is -0.255. The summed E-state index contributed by atoms with van der Waals surface area (Å²) in [6.45, 7) is 4.27. The van der Waals surface area contributed by atoms with Crippen molar-refractivity contribution < 1.29 is 24.6 Å². The predicted octanol–water partition coefficient (Wildman–Crippen LogP) is 1.42. The Balaban J connectivity index is 1.49. The lowest BCUT2D eigenvalue weighted by Crippen LogP contribution is -2.38. The van der Waals surface area contributed by atoms with Crippen molar-refractivity contribution in [1.82, 2.24) is 9.88 Å². The van der Waals surface area contributed by atoms with Crippen LogP contribution in [0.4, 0.5) is 5.69 Å². The Morgan fingerprint density at radius 2 is 2.06 bits per heavy atom. The van der Waals surface area contributed by atoms with E-state index in [1.807, 2.05) is 24.3 Å². The van der Waals surface area contributed by atoms with E-state index in [2.05, 4.69) is 20.0 Å². The highest BCUT2D eigenvalue weighted by Gasteiger charge is 2.29. The molecule has 1 aromatic heterocycles. The van der Waals surface area contributed by atoms with Gasteiger partial charge in [-0.05, 0) is 23.8 Å². The number of H-pyrrole nitrogens is 1. The monoisotopic (exact) mass is 433 g/mol. The third kappa shape index (κ3) is 3.72. The predicted molar refractivity (Wildman–Crippen MR) is 117 cm³/mol. The minimum Gasteiger partial charge on any atom is -0.545 e. The van der Waals surface area contributed by atoms with Gasteiger partial charge in [0.05, 0.1) is 30.4 Å². The van der Waals surface area contributed by atoms with Crippen molar-refractivity contribution in [2.75, 3.05) is 39.5 Å². The van der Waals surface area contributed by atoms with Crippen LogP contribution in [0.15, 0.2) is 52.6 Å². The molecule has 0 aliphatic carbocycles. The Bertz CT molecular complexity index is 1240. The standard InChI is InChI=1S/C23H22N4O5/c28-22-19(16-13-14(23(29)30)5-6-18(16)25-22)21-20(15-3-1-2-4-17(15)24-21)26-32-12-9-27-7-10-31-11-8-27/h1-6,13,25,28H,7-12H2,(H,29,30)/p-1/b26-20+. The Kier molecular flexibility index (Phi) is 5.34. The van der Waals surface area contributed by atoms with Crippen LogP contribution >= 0.6 is 0 Å². The molecule has 9 nitrogen and oxygen atoms in total. The molecule has 0 unspecified atom stereocenters. The first-order valence-corrected chi connectivity index (χ1v) is 10.4. The zero-order chi connectivity index (χ0) is 22.1. The molecule has 3 heterocycles. The van der Waals surface area contributed by atoms with E-state index >= 15 is 0 Å². The number of carboxylic acids is 1. The maximum Gasteiger partial charge on any atom is 0.199 e. The van der Waals surface area contributed by atoms with E-state index in [1.54, 1.807) is 6.07 Å². The molecule has 2 aliphatic heterocycles. The number of ether oxygens (including phenoxy) is 1. The number of carbonyl (C=O) groups is 1. The van der Waals surface area contributed by atoms with Crippen LogP contribution in [0.3, 0.4) is 0 Å². The number of nitrogens with zero attached hydrogens (tertiary/aromatic N) is 3. The molecule has 0 spiro atoms. The number of carbonyl (C=O) groups excluding carboxylic acids is 1. The first-order chi connectivity index (χ1) is 15.6. The second kappa shape index (κ2) is 8.45. The molecule has 1 fully saturated rings. The second-order valence-electron chi connectivity index (χ2n) is 7.60. The van der Waals surface area contributed by atoms with E-state index in [-0.39, 0.29) is 11.4 Å². The number of fused-ring (bicyclic) bond motifs is 2. The number of aromatic hydroxyl groups is 1. The summed E-state index contributed by atoms with van der Waals surface area (Å²) in [4.78, 5) is 26.8. The molecule has 5 rings (SSSR count). The third-order valence-electron chi connectivity index (χ3n) is 5.63. The van der Waals surface area contributed by atoms with Crippen molar-refractivity contribution >= 4 is 34.0 Å². The van der Waals surface area contributed by atoms with Crippen molar-refractivity contribution in [1.29, 1.82) is 0 Å². The van der Waals surface area contributed by atoms with E-state index in [9.17, 15) is 15.0 Å². The number of aromatic nitrogens is 1. The first-order valence-electron chi connectivity index (χ1n) is 10.4. The van der Waals surface area contributed by atoms with Crippen LogP contribution in [0.1, 0.15) is 21.5 Å². The van der Waals surface area contributed by atoms with Gasteiger partial charge in [0.15, 0.2) is 5.88 Å². The van der Waals surface area contributed by atoms with Crippen LogP contribution in [0.2, 0.25) is 0 Å². The van der Waals surface area contributed by atoms with E-state index in [1.165, 1.54) is 12.1 Å². The van der Waals surface area contributed by atoms with Gasteiger partial charge in [-0.3, -0.25) is 4.90 Å². The van der Waals surface area contributed by atoms with Gasteiger partial charge in [-0.1, -0.05) is 29.4 Å². The minimum atomic E-state index is -1.30. The largest absolute Gasteiger partial charge is 0.545 e. The maximum atomic E-state index is 11.4. The van der Waals surface area contributed by atoms with Gasteiger partial charge in [-0.15, -0.1) is 0 Å². The van der Waals surface area contributed by atoms with Crippen LogP contribution in [0.5, 0.6) is 5.88 Å². The second-order valence-corrected chi connectivity index (χ2v) is 7.60. The van der Waals surface area contributed by atoms with E-state index < -0.39 is 5.97 Å². The van der Waals surface area contributed by atoms with Crippen LogP contribution in [-0.2, 0) is 9.57 Å². The number of aromatic amines is 1. The maximum absolute atomic E-state index is 11.4.